The molecule has 1 unspecified atom stereocenters. The fourth-order valence-electron chi connectivity index (χ4n) is 1.47. The van der Waals surface area contributed by atoms with Crippen LogP contribution < -0.4 is 10.1 Å². The highest BCUT2D eigenvalue weighted by atomic mass is 16.5. The van der Waals surface area contributed by atoms with Crippen molar-refractivity contribution in [2.24, 2.45) is 0 Å². The molecule has 0 bridgehead atoms. The van der Waals surface area contributed by atoms with Crippen molar-refractivity contribution in [3.63, 3.8) is 0 Å². The summed E-state index contributed by atoms with van der Waals surface area (Å²) in [5, 5.41) is 9.35. The van der Waals surface area contributed by atoms with Gasteiger partial charge < -0.3 is 10.1 Å². The first-order valence-corrected chi connectivity index (χ1v) is 5.73. The van der Waals surface area contributed by atoms with Crippen LogP contribution in [-0.4, -0.2) is 22.2 Å². The lowest BCUT2D eigenvalue weighted by atomic mass is 10.3. The van der Waals surface area contributed by atoms with E-state index in [0.29, 0.717) is 12.3 Å². The molecule has 1 aromatic heterocycles. The zero-order chi connectivity index (χ0) is 12.8. The van der Waals surface area contributed by atoms with E-state index in [1.165, 1.54) is 0 Å². The number of benzene rings is 1. The van der Waals surface area contributed by atoms with Gasteiger partial charge in [-0.2, -0.15) is 5.10 Å². The molecule has 0 aliphatic rings. The monoisotopic (exact) mass is 245 g/mol. The van der Waals surface area contributed by atoms with Crippen LogP contribution in [0.3, 0.4) is 0 Å². The number of carbonyl (C=O) groups is 1. The van der Waals surface area contributed by atoms with Crippen LogP contribution in [0.4, 0.5) is 0 Å². The second kappa shape index (κ2) is 5.86. The van der Waals surface area contributed by atoms with E-state index in [1.54, 1.807) is 13.1 Å². The third-order valence-electron chi connectivity index (χ3n) is 2.44. The van der Waals surface area contributed by atoms with Crippen LogP contribution >= 0.6 is 0 Å². The molecule has 0 aliphatic heterocycles. The lowest BCUT2D eigenvalue weighted by Gasteiger charge is -2.14. The first kappa shape index (κ1) is 12.2. The zero-order valence-corrected chi connectivity index (χ0v) is 10.1. The molecular weight excluding hydrogens is 230 g/mol. The summed E-state index contributed by atoms with van der Waals surface area (Å²) in [6.45, 7) is 2.14. The van der Waals surface area contributed by atoms with Gasteiger partial charge in [0.15, 0.2) is 6.10 Å². The number of aromatic amines is 1. The van der Waals surface area contributed by atoms with Crippen LogP contribution in [-0.2, 0) is 11.3 Å². The third kappa shape index (κ3) is 3.35. The Morgan fingerprint density at radius 2 is 2.17 bits per heavy atom. The minimum Gasteiger partial charge on any atom is -0.481 e. The summed E-state index contributed by atoms with van der Waals surface area (Å²) in [5.74, 6) is 0.523. The van der Waals surface area contributed by atoms with Gasteiger partial charge in [0.1, 0.15) is 5.75 Å². The van der Waals surface area contributed by atoms with Crippen molar-refractivity contribution in [1.29, 1.82) is 0 Å². The number of aromatic nitrogens is 2. The van der Waals surface area contributed by atoms with E-state index in [9.17, 15) is 4.79 Å². The number of nitrogens with one attached hydrogen (secondary N) is 2. The maximum Gasteiger partial charge on any atom is 0.261 e. The van der Waals surface area contributed by atoms with Crippen LogP contribution in [0.25, 0.3) is 0 Å². The number of H-pyrrole nitrogens is 1. The highest BCUT2D eigenvalue weighted by Gasteiger charge is 2.14. The van der Waals surface area contributed by atoms with Crippen molar-refractivity contribution in [3.8, 4) is 5.75 Å². The molecule has 5 heteroatoms. The van der Waals surface area contributed by atoms with Gasteiger partial charge in [-0.1, -0.05) is 18.2 Å². The molecule has 2 N–H and O–H groups in total. The molecule has 1 aromatic carbocycles. The minimum atomic E-state index is -0.532. The summed E-state index contributed by atoms with van der Waals surface area (Å²) in [7, 11) is 0. The van der Waals surface area contributed by atoms with Gasteiger partial charge in [-0.3, -0.25) is 9.89 Å². The Bertz CT molecular complexity index is 482. The summed E-state index contributed by atoms with van der Waals surface area (Å²) in [4.78, 5) is 11.8. The highest BCUT2D eigenvalue weighted by Crippen LogP contribution is 2.10. The van der Waals surface area contributed by atoms with Crippen molar-refractivity contribution in [2.45, 2.75) is 19.6 Å². The number of amides is 1. The van der Waals surface area contributed by atoms with E-state index < -0.39 is 6.10 Å². The summed E-state index contributed by atoms with van der Waals surface area (Å²) in [5.41, 5.74) is 0.857. The second-order valence-electron chi connectivity index (χ2n) is 3.87. The number of hydrogen-bond donors (Lipinski definition) is 2. The van der Waals surface area contributed by atoms with E-state index in [4.69, 9.17) is 4.74 Å². The predicted molar refractivity (Wildman–Crippen MR) is 67.0 cm³/mol. The van der Waals surface area contributed by atoms with Crippen molar-refractivity contribution >= 4 is 5.91 Å². The Hall–Kier alpha value is -2.30. The standard InChI is InChI=1S/C13H15N3O2/c1-10(18-12-5-3-2-4-6-12)13(17)14-9-11-7-8-15-16-11/h2-8,10H,9H2,1H3,(H,14,17)(H,15,16). The molecule has 0 radical (unpaired) electrons. The Morgan fingerprint density at radius 3 is 2.83 bits per heavy atom. The van der Waals surface area contributed by atoms with E-state index in [1.807, 2.05) is 36.4 Å². The van der Waals surface area contributed by atoms with Crippen molar-refractivity contribution in [3.05, 3.63) is 48.3 Å². The van der Waals surface area contributed by atoms with E-state index in [0.717, 1.165) is 5.69 Å². The second-order valence-corrected chi connectivity index (χ2v) is 3.87. The number of carbonyl (C=O) groups excluding carboxylic acids is 1. The fraction of sp³-hybridized carbons (Fsp3) is 0.231. The van der Waals surface area contributed by atoms with Gasteiger partial charge in [0.25, 0.3) is 5.91 Å². The van der Waals surface area contributed by atoms with Crippen LogP contribution in [0, 0.1) is 0 Å². The van der Waals surface area contributed by atoms with E-state index in [-0.39, 0.29) is 5.91 Å². The quantitative estimate of drug-likeness (QED) is 0.838. The van der Waals surface area contributed by atoms with Crippen molar-refractivity contribution < 1.29 is 9.53 Å². The molecule has 0 saturated heterocycles. The van der Waals surface area contributed by atoms with Gasteiger partial charge in [-0.25, -0.2) is 0 Å². The van der Waals surface area contributed by atoms with E-state index in [2.05, 4.69) is 15.5 Å². The molecular formula is C13H15N3O2. The zero-order valence-electron chi connectivity index (χ0n) is 10.1. The van der Waals surface area contributed by atoms with E-state index >= 15 is 0 Å². The summed E-state index contributed by atoms with van der Waals surface area (Å²) in [6, 6.07) is 11.1. The van der Waals surface area contributed by atoms with Gasteiger partial charge in [-0.15, -0.1) is 0 Å². The van der Waals surface area contributed by atoms with Crippen LogP contribution in [0.1, 0.15) is 12.6 Å². The van der Waals surface area contributed by atoms with Gasteiger partial charge in [-0.05, 0) is 25.1 Å². The third-order valence-corrected chi connectivity index (χ3v) is 2.44. The normalized spacial score (nSPS) is 11.8. The average molecular weight is 245 g/mol. The number of para-hydroxylation sites is 1. The molecule has 18 heavy (non-hydrogen) atoms. The van der Waals surface area contributed by atoms with Crippen LogP contribution in [0.2, 0.25) is 0 Å². The van der Waals surface area contributed by atoms with Crippen LogP contribution in [0.15, 0.2) is 42.6 Å². The summed E-state index contributed by atoms with van der Waals surface area (Å²) >= 11 is 0. The van der Waals surface area contributed by atoms with Crippen molar-refractivity contribution in [2.75, 3.05) is 0 Å². The first-order chi connectivity index (χ1) is 8.75. The van der Waals surface area contributed by atoms with Gasteiger partial charge >= 0.3 is 0 Å². The molecule has 0 fully saturated rings. The molecule has 5 nitrogen and oxygen atoms in total. The smallest absolute Gasteiger partial charge is 0.261 e. The van der Waals surface area contributed by atoms with Crippen molar-refractivity contribution in [1.82, 2.24) is 15.5 Å². The summed E-state index contributed by atoms with van der Waals surface area (Å²) in [6.07, 6.45) is 1.11. The SMILES string of the molecule is CC(Oc1ccccc1)C(=O)NCc1ccn[nH]1. The van der Waals surface area contributed by atoms with Gasteiger partial charge in [0, 0.05) is 6.20 Å². The lowest BCUT2D eigenvalue weighted by molar-refractivity contribution is -0.127. The molecule has 1 atom stereocenters. The Balaban J connectivity index is 1.82. The Labute approximate surface area is 105 Å². The van der Waals surface area contributed by atoms with Gasteiger partial charge in [0.2, 0.25) is 0 Å². The average Bonchev–Trinajstić information content (AvgIpc) is 2.90. The Morgan fingerprint density at radius 1 is 1.39 bits per heavy atom. The van der Waals surface area contributed by atoms with Gasteiger partial charge in [0.05, 0.1) is 12.2 Å². The minimum absolute atomic E-state index is 0.159. The molecule has 94 valence electrons. The number of rotatable bonds is 5. The Kier molecular flexibility index (Phi) is 3.96. The molecule has 0 saturated carbocycles. The maximum absolute atomic E-state index is 11.8. The number of hydrogen-bond acceptors (Lipinski definition) is 3. The largest absolute Gasteiger partial charge is 0.481 e. The highest BCUT2D eigenvalue weighted by molar-refractivity contribution is 5.80. The maximum atomic E-state index is 11.8. The molecule has 2 rings (SSSR count). The topological polar surface area (TPSA) is 67.0 Å². The molecule has 1 heterocycles. The number of ether oxygens (including phenoxy) is 1. The molecule has 0 aliphatic carbocycles. The molecule has 0 spiro atoms. The number of nitrogens with zero attached hydrogens (tertiary/aromatic N) is 1. The molecule has 1 amide bonds. The summed E-state index contributed by atoms with van der Waals surface area (Å²) < 4.78 is 5.51. The predicted octanol–water partition coefficient (Wildman–Crippen LogP) is 1.49. The lowest BCUT2D eigenvalue weighted by Crippen LogP contribution is -2.35. The molecule has 2 aromatic rings. The van der Waals surface area contributed by atoms with Crippen LogP contribution in [0.5, 0.6) is 5.75 Å². The first-order valence-electron chi connectivity index (χ1n) is 5.73. The fourth-order valence-corrected chi connectivity index (χ4v) is 1.47.